The molecule has 11 heteroatoms. The highest BCUT2D eigenvalue weighted by Gasteiger charge is 2.42. The molecule has 0 aliphatic heterocycles. The average Bonchev–Trinajstić information content (AvgIpc) is 2.63. The smallest absolute Gasteiger partial charge is 0.420 e. The molecule has 0 radical (unpaired) electrons. The predicted octanol–water partition coefficient (Wildman–Crippen LogP) is 3.18. The molecule has 0 bridgehead atoms. The SMILES string of the molecule is CNC(=O)C(CC[C@@H](C(=O)OCC(C)C)N(C(=O)OC(C)(C)C)C(=O)OC(C)(C)C)OC(C)=O. The third-order valence-corrected chi connectivity index (χ3v) is 3.87. The zero-order valence-electron chi connectivity index (χ0n) is 22.0. The van der Waals surface area contributed by atoms with Crippen LogP contribution in [0.3, 0.4) is 0 Å². The monoisotopic (exact) mass is 488 g/mol. The molecule has 1 N–H and O–H groups in total. The van der Waals surface area contributed by atoms with E-state index in [1.165, 1.54) is 7.05 Å². The number of ether oxygens (including phenoxy) is 4. The summed E-state index contributed by atoms with van der Waals surface area (Å²) >= 11 is 0. The Morgan fingerprint density at radius 1 is 0.853 bits per heavy atom. The molecule has 196 valence electrons. The Morgan fingerprint density at radius 2 is 1.32 bits per heavy atom. The third kappa shape index (κ3) is 12.4. The van der Waals surface area contributed by atoms with Crippen LogP contribution in [-0.4, -0.2) is 71.9 Å². The molecule has 2 atom stereocenters. The highest BCUT2D eigenvalue weighted by Crippen LogP contribution is 2.21. The summed E-state index contributed by atoms with van der Waals surface area (Å²) in [6, 6.07) is -1.49. The molecule has 0 saturated carbocycles. The van der Waals surface area contributed by atoms with E-state index in [2.05, 4.69) is 5.32 Å². The van der Waals surface area contributed by atoms with Crippen LogP contribution < -0.4 is 5.32 Å². The van der Waals surface area contributed by atoms with Crippen molar-refractivity contribution in [3.8, 4) is 0 Å². The summed E-state index contributed by atoms with van der Waals surface area (Å²) in [6.07, 6.45) is -3.90. The van der Waals surface area contributed by atoms with E-state index in [4.69, 9.17) is 18.9 Å². The minimum Gasteiger partial charge on any atom is -0.464 e. The van der Waals surface area contributed by atoms with Gasteiger partial charge in [-0.2, -0.15) is 4.90 Å². The molecule has 0 rings (SSSR count). The van der Waals surface area contributed by atoms with Crippen LogP contribution in [0, 0.1) is 5.92 Å². The first-order valence-electron chi connectivity index (χ1n) is 11.2. The Labute approximate surface area is 201 Å². The maximum atomic E-state index is 13.0. The summed E-state index contributed by atoms with van der Waals surface area (Å²) in [7, 11) is 1.36. The summed E-state index contributed by atoms with van der Waals surface area (Å²) < 4.78 is 21.0. The van der Waals surface area contributed by atoms with E-state index in [0.29, 0.717) is 4.90 Å². The topological polar surface area (TPSA) is 138 Å². The van der Waals surface area contributed by atoms with Crippen LogP contribution in [0.15, 0.2) is 0 Å². The molecule has 0 spiro atoms. The van der Waals surface area contributed by atoms with Crippen molar-refractivity contribution in [2.75, 3.05) is 13.7 Å². The number of esters is 2. The minimum absolute atomic E-state index is 0.0132. The van der Waals surface area contributed by atoms with Crippen molar-refractivity contribution in [1.29, 1.82) is 0 Å². The molecule has 0 aromatic carbocycles. The van der Waals surface area contributed by atoms with E-state index in [-0.39, 0.29) is 25.4 Å². The Morgan fingerprint density at radius 3 is 1.68 bits per heavy atom. The normalized spacial score (nSPS) is 13.4. The van der Waals surface area contributed by atoms with Gasteiger partial charge in [-0.1, -0.05) is 13.8 Å². The summed E-state index contributed by atoms with van der Waals surface area (Å²) in [6.45, 7) is 14.4. The highest BCUT2D eigenvalue weighted by molar-refractivity contribution is 5.94. The molecule has 3 amide bonds. The van der Waals surface area contributed by atoms with Crippen LogP contribution in [0.2, 0.25) is 0 Å². The van der Waals surface area contributed by atoms with Crippen molar-refractivity contribution in [1.82, 2.24) is 10.2 Å². The number of carbonyl (C=O) groups is 5. The minimum atomic E-state index is -1.49. The van der Waals surface area contributed by atoms with Crippen LogP contribution in [-0.2, 0) is 33.3 Å². The van der Waals surface area contributed by atoms with Gasteiger partial charge in [-0.25, -0.2) is 14.4 Å². The molecule has 0 heterocycles. The maximum Gasteiger partial charge on any atom is 0.420 e. The number of carbonyl (C=O) groups excluding carboxylic acids is 5. The molecule has 34 heavy (non-hydrogen) atoms. The van der Waals surface area contributed by atoms with Gasteiger partial charge in [-0.05, 0) is 60.3 Å². The molecule has 0 aromatic rings. The molecule has 0 aromatic heterocycles. The summed E-state index contributed by atoms with van der Waals surface area (Å²) in [5, 5.41) is 2.37. The largest absolute Gasteiger partial charge is 0.464 e. The number of nitrogens with zero attached hydrogens (tertiary/aromatic N) is 1. The molecule has 11 nitrogen and oxygen atoms in total. The van der Waals surface area contributed by atoms with Gasteiger partial charge in [0.05, 0.1) is 6.61 Å². The van der Waals surface area contributed by atoms with E-state index < -0.39 is 53.4 Å². The van der Waals surface area contributed by atoms with Crippen molar-refractivity contribution in [3.05, 3.63) is 0 Å². The molecule has 0 fully saturated rings. The molecule has 0 saturated heterocycles. The number of rotatable bonds is 9. The second-order valence-electron chi connectivity index (χ2n) is 10.2. The lowest BCUT2D eigenvalue weighted by molar-refractivity contribution is -0.155. The molecule has 1 unspecified atom stereocenters. The fourth-order valence-electron chi connectivity index (χ4n) is 2.56. The average molecular weight is 489 g/mol. The van der Waals surface area contributed by atoms with Gasteiger partial charge in [-0.15, -0.1) is 0 Å². The maximum absolute atomic E-state index is 13.0. The molecular weight excluding hydrogens is 448 g/mol. The van der Waals surface area contributed by atoms with Crippen LogP contribution in [0.25, 0.3) is 0 Å². The van der Waals surface area contributed by atoms with Crippen LogP contribution in [0.4, 0.5) is 9.59 Å². The number of hydrogen-bond acceptors (Lipinski definition) is 9. The Bertz CT molecular complexity index is 708. The van der Waals surface area contributed by atoms with Crippen molar-refractivity contribution in [2.45, 2.75) is 98.5 Å². The number of imide groups is 1. The fourth-order valence-corrected chi connectivity index (χ4v) is 2.56. The first kappa shape index (κ1) is 31.1. The van der Waals surface area contributed by atoms with Crippen molar-refractivity contribution >= 4 is 30.0 Å². The summed E-state index contributed by atoms with van der Waals surface area (Å²) in [5.41, 5.74) is -1.96. The van der Waals surface area contributed by atoms with E-state index in [1.54, 1.807) is 41.5 Å². The van der Waals surface area contributed by atoms with E-state index in [9.17, 15) is 24.0 Å². The van der Waals surface area contributed by atoms with Crippen molar-refractivity contribution in [2.24, 2.45) is 5.92 Å². The zero-order valence-corrected chi connectivity index (χ0v) is 22.0. The number of likely N-dealkylation sites (N-methyl/N-ethyl adjacent to an activating group) is 1. The van der Waals surface area contributed by atoms with Gasteiger partial charge < -0.3 is 24.3 Å². The summed E-state index contributed by atoms with van der Waals surface area (Å²) in [5.74, 6) is -2.21. The second-order valence-corrected chi connectivity index (χ2v) is 10.2. The molecule has 0 aliphatic carbocycles. The van der Waals surface area contributed by atoms with Gasteiger partial charge in [0.15, 0.2) is 6.10 Å². The van der Waals surface area contributed by atoms with Crippen molar-refractivity contribution < 1.29 is 42.9 Å². The number of hydrogen-bond donors (Lipinski definition) is 1. The molecule has 0 aliphatic rings. The highest BCUT2D eigenvalue weighted by atomic mass is 16.6. The Balaban J connectivity index is 6.23. The second kappa shape index (κ2) is 13.1. The van der Waals surface area contributed by atoms with Gasteiger partial charge in [0.25, 0.3) is 5.91 Å². The standard InChI is InChI=1S/C23H40N2O9/c1-14(2)13-31-19(28)16(11-12-17(18(27)24-10)32-15(3)26)25(20(29)33-22(4,5)6)21(30)34-23(7,8)9/h14,16-17H,11-13H2,1-10H3,(H,24,27)/t16-,17?/m0/s1. The van der Waals surface area contributed by atoms with E-state index in [0.717, 1.165) is 6.92 Å². The molecular formula is C23H40N2O9. The van der Waals surface area contributed by atoms with Gasteiger partial charge in [0, 0.05) is 14.0 Å². The van der Waals surface area contributed by atoms with Gasteiger partial charge in [0.2, 0.25) is 0 Å². The van der Waals surface area contributed by atoms with Gasteiger partial charge >= 0.3 is 24.1 Å². The van der Waals surface area contributed by atoms with Crippen LogP contribution >= 0.6 is 0 Å². The lowest BCUT2D eigenvalue weighted by atomic mass is 10.1. The number of amides is 3. The fraction of sp³-hybridized carbons (Fsp3) is 0.783. The van der Waals surface area contributed by atoms with Crippen LogP contribution in [0.5, 0.6) is 0 Å². The quantitative estimate of drug-likeness (QED) is 0.383. The Hall–Kier alpha value is -2.85. The van der Waals surface area contributed by atoms with Crippen LogP contribution in [0.1, 0.15) is 75.2 Å². The number of nitrogens with one attached hydrogen (secondary N) is 1. The Kier molecular flexibility index (Phi) is 12.0. The van der Waals surface area contributed by atoms with E-state index >= 15 is 0 Å². The van der Waals surface area contributed by atoms with Gasteiger partial charge in [-0.3, -0.25) is 9.59 Å². The lowest BCUT2D eigenvalue weighted by Gasteiger charge is -2.33. The third-order valence-electron chi connectivity index (χ3n) is 3.87. The van der Waals surface area contributed by atoms with Crippen molar-refractivity contribution in [3.63, 3.8) is 0 Å². The summed E-state index contributed by atoms with van der Waals surface area (Å²) in [4.78, 5) is 63.2. The van der Waals surface area contributed by atoms with Gasteiger partial charge in [0.1, 0.15) is 17.2 Å². The zero-order chi connectivity index (χ0) is 26.9. The first-order chi connectivity index (χ1) is 15.4. The van der Waals surface area contributed by atoms with E-state index in [1.807, 2.05) is 13.8 Å². The first-order valence-corrected chi connectivity index (χ1v) is 11.2. The lowest BCUT2D eigenvalue weighted by Crippen LogP contribution is -2.53. The predicted molar refractivity (Wildman–Crippen MR) is 123 cm³/mol.